The zero-order valence-electron chi connectivity index (χ0n) is 11.5. The van der Waals surface area contributed by atoms with Gasteiger partial charge in [-0.05, 0) is 31.9 Å². The summed E-state index contributed by atoms with van der Waals surface area (Å²) in [5.41, 5.74) is 4.01. The predicted octanol–water partition coefficient (Wildman–Crippen LogP) is 1.89. The number of ether oxygens (including phenoxy) is 1. The van der Waals surface area contributed by atoms with E-state index in [1.165, 1.54) is 16.7 Å². The van der Waals surface area contributed by atoms with Crippen molar-refractivity contribution in [3.05, 3.63) is 34.9 Å². The molecule has 2 atom stereocenters. The Hall–Kier alpha value is -0.900. The monoisotopic (exact) mass is 249 g/mol. The van der Waals surface area contributed by atoms with Crippen LogP contribution in [0.25, 0.3) is 0 Å². The van der Waals surface area contributed by atoms with E-state index in [0.29, 0.717) is 12.6 Å². The maximum atomic E-state index is 9.20. The van der Waals surface area contributed by atoms with Crippen LogP contribution in [0.3, 0.4) is 0 Å². The Morgan fingerprint density at radius 2 is 2.17 bits per heavy atom. The lowest BCUT2D eigenvalue weighted by atomic mass is 10.0. The van der Waals surface area contributed by atoms with Crippen molar-refractivity contribution in [3.63, 3.8) is 0 Å². The smallest absolute Gasteiger partial charge is 0.0933 e. The molecular formula is C15H23NO2. The van der Waals surface area contributed by atoms with Gasteiger partial charge in [0, 0.05) is 19.1 Å². The van der Waals surface area contributed by atoms with Crippen LogP contribution >= 0.6 is 0 Å². The molecule has 0 amide bonds. The molecule has 1 aromatic rings. The van der Waals surface area contributed by atoms with Gasteiger partial charge in [0.05, 0.1) is 19.3 Å². The van der Waals surface area contributed by atoms with Crippen LogP contribution in [0, 0.1) is 13.8 Å². The minimum atomic E-state index is -0.0352. The van der Waals surface area contributed by atoms with Crippen molar-refractivity contribution < 1.29 is 9.84 Å². The third-order valence-electron chi connectivity index (χ3n) is 3.71. The first-order chi connectivity index (χ1) is 8.60. The highest BCUT2D eigenvalue weighted by Gasteiger charge is 2.25. The van der Waals surface area contributed by atoms with Gasteiger partial charge in [0.2, 0.25) is 0 Å². The van der Waals surface area contributed by atoms with Gasteiger partial charge in [-0.15, -0.1) is 0 Å². The summed E-state index contributed by atoms with van der Waals surface area (Å²) in [7, 11) is 0. The zero-order valence-corrected chi connectivity index (χ0v) is 11.5. The fraction of sp³-hybridized carbons (Fsp3) is 0.600. The van der Waals surface area contributed by atoms with Crippen LogP contribution in [0.15, 0.2) is 18.2 Å². The Morgan fingerprint density at radius 1 is 1.39 bits per heavy atom. The van der Waals surface area contributed by atoms with Crippen molar-refractivity contribution in [2.24, 2.45) is 0 Å². The second-order valence-electron chi connectivity index (χ2n) is 5.35. The number of hydrogen-bond donors (Lipinski definition) is 1. The third kappa shape index (κ3) is 3.10. The molecule has 1 N–H and O–H groups in total. The van der Waals surface area contributed by atoms with Crippen molar-refractivity contribution in [1.82, 2.24) is 4.90 Å². The van der Waals surface area contributed by atoms with Crippen molar-refractivity contribution in [1.29, 1.82) is 0 Å². The summed E-state index contributed by atoms with van der Waals surface area (Å²) in [6.07, 6.45) is -0.0352. The van der Waals surface area contributed by atoms with E-state index in [0.717, 1.165) is 13.1 Å². The minimum Gasteiger partial charge on any atom is -0.394 e. The Kier molecular flexibility index (Phi) is 4.38. The maximum absolute atomic E-state index is 9.20. The van der Waals surface area contributed by atoms with E-state index in [1.54, 1.807) is 0 Å². The van der Waals surface area contributed by atoms with Gasteiger partial charge in [-0.25, -0.2) is 0 Å². The van der Waals surface area contributed by atoms with Gasteiger partial charge >= 0.3 is 0 Å². The molecule has 1 fully saturated rings. The number of aryl methyl sites for hydroxylation is 2. The minimum absolute atomic E-state index is 0.0352. The second kappa shape index (κ2) is 5.83. The van der Waals surface area contributed by atoms with Gasteiger partial charge in [0.25, 0.3) is 0 Å². The predicted molar refractivity (Wildman–Crippen MR) is 72.6 cm³/mol. The molecule has 3 heteroatoms. The Balaban J connectivity index is 2.07. The Bertz CT molecular complexity index is 405. The molecule has 0 unspecified atom stereocenters. The second-order valence-corrected chi connectivity index (χ2v) is 5.35. The number of hydrogen-bond acceptors (Lipinski definition) is 3. The van der Waals surface area contributed by atoms with E-state index >= 15 is 0 Å². The number of benzene rings is 1. The summed E-state index contributed by atoms with van der Waals surface area (Å²) in [5, 5.41) is 9.20. The average molecular weight is 249 g/mol. The van der Waals surface area contributed by atoms with Crippen LogP contribution in [0.4, 0.5) is 0 Å². The molecule has 0 bridgehead atoms. The van der Waals surface area contributed by atoms with E-state index in [1.807, 2.05) is 0 Å². The van der Waals surface area contributed by atoms with Crippen LogP contribution in [-0.2, 0) is 11.3 Å². The highest BCUT2D eigenvalue weighted by Crippen LogP contribution is 2.18. The summed E-state index contributed by atoms with van der Waals surface area (Å²) in [6, 6.07) is 7.01. The van der Waals surface area contributed by atoms with Gasteiger partial charge in [-0.1, -0.05) is 23.8 Å². The molecular weight excluding hydrogens is 226 g/mol. The summed E-state index contributed by atoms with van der Waals surface area (Å²) >= 11 is 0. The molecule has 0 aromatic heterocycles. The number of aliphatic hydroxyl groups is 1. The van der Waals surface area contributed by atoms with E-state index in [2.05, 4.69) is 43.9 Å². The fourth-order valence-corrected chi connectivity index (χ4v) is 2.45. The van der Waals surface area contributed by atoms with Crippen molar-refractivity contribution >= 4 is 0 Å². The molecule has 2 rings (SSSR count). The lowest BCUT2D eigenvalue weighted by molar-refractivity contribution is -0.0806. The molecule has 0 spiro atoms. The molecule has 1 saturated heterocycles. The van der Waals surface area contributed by atoms with Gasteiger partial charge in [-0.3, -0.25) is 4.90 Å². The molecule has 100 valence electrons. The van der Waals surface area contributed by atoms with Crippen LogP contribution in [0.1, 0.15) is 23.6 Å². The fourth-order valence-electron chi connectivity index (χ4n) is 2.45. The van der Waals surface area contributed by atoms with E-state index in [4.69, 9.17) is 4.74 Å². The quantitative estimate of drug-likeness (QED) is 0.888. The van der Waals surface area contributed by atoms with Gasteiger partial charge in [0.15, 0.2) is 0 Å². The lowest BCUT2D eigenvalue weighted by Gasteiger charge is -2.37. The summed E-state index contributed by atoms with van der Waals surface area (Å²) < 4.78 is 5.57. The number of rotatable bonds is 3. The van der Waals surface area contributed by atoms with Gasteiger partial charge in [0.1, 0.15) is 0 Å². The van der Waals surface area contributed by atoms with Crippen LogP contribution < -0.4 is 0 Å². The Labute approximate surface area is 109 Å². The first-order valence-corrected chi connectivity index (χ1v) is 6.62. The lowest BCUT2D eigenvalue weighted by Crippen LogP contribution is -2.48. The van der Waals surface area contributed by atoms with Crippen molar-refractivity contribution in [2.45, 2.75) is 39.5 Å². The summed E-state index contributed by atoms with van der Waals surface area (Å²) in [4.78, 5) is 2.39. The molecule has 1 aliphatic rings. The molecule has 18 heavy (non-hydrogen) atoms. The van der Waals surface area contributed by atoms with Crippen LogP contribution in [0.5, 0.6) is 0 Å². The van der Waals surface area contributed by atoms with Gasteiger partial charge in [-0.2, -0.15) is 0 Å². The number of aliphatic hydroxyl groups excluding tert-OH is 1. The zero-order chi connectivity index (χ0) is 13.1. The van der Waals surface area contributed by atoms with E-state index in [-0.39, 0.29) is 12.7 Å². The topological polar surface area (TPSA) is 32.7 Å². The largest absolute Gasteiger partial charge is 0.394 e. The first-order valence-electron chi connectivity index (χ1n) is 6.62. The molecule has 3 nitrogen and oxygen atoms in total. The normalized spacial score (nSPS) is 25.3. The third-order valence-corrected chi connectivity index (χ3v) is 3.71. The van der Waals surface area contributed by atoms with Crippen molar-refractivity contribution in [3.8, 4) is 0 Å². The van der Waals surface area contributed by atoms with Crippen LogP contribution in [0.2, 0.25) is 0 Å². The van der Waals surface area contributed by atoms with Crippen LogP contribution in [-0.4, -0.2) is 41.9 Å². The molecule has 0 saturated carbocycles. The van der Waals surface area contributed by atoms with Crippen molar-refractivity contribution in [2.75, 3.05) is 19.8 Å². The summed E-state index contributed by atoms with van der Waals surface area (Å²) in [6.45, 7) is 9.02. The van der Waals surface area contributed by atoms with E-state index < -0.39 is 0 Å². The maximum Gasteiger partial charge on any atom is 0.0933 e. The molecule has 1 aliphatic heterocycles. The number of morpholine rings is 1. The first kappa shape index (κ1) is 13.5. The highest BCUT2D eigenvalue weighted by molar-refractivity contribution is 5.30. The highest BCUT2D eigenvalue weighted by atomic mass is 16.5. The number of nitrogens with zero attached hydrogens (tertiary/aromatic N) is 1. The molecule has 0 aliphatic carbocycles. The Morgan fingerprint density at radius 3 is 2.83 bits per heavy atom. The molecule has 0 radical (unpaired) electrons. The average Bonchev–Trinajstić information content (AvgIpc) is 2.35. The molecule has 1 heterocycles. The van der Waals surface area contributed by atoms with E-state index in [9.17, 15) is 5.11 Å². The SMILES string of the molecule is Cc1ccc(CN2C[C@@H](CO)OC[C@H]2C)c(C)c1. The standard InChI is InChI=1S/C15H23NO2/c1-11-4-5-14(12(2)6-11)7-16-8-15(9-17)18-10-13(16)3/h4-6,13,15,17H,7-10H2,1-3H3/t13-,15+/m1/s1. The van der Waals surface area contributed by atoms with Gasteiger partial charge < -0.3 is 9.84 Å². The summed E-state index contributed by atoms with van der Waals surface area (Å²) in [5.74, 6) is 0. The molecule has 1 aromatic carbocycles.